The van der Waals surface area contributed by atoms with Crippen molar-refractivity contribution in [3.63, 3.8) is 0 Å². The lowest BCUT2D eigenvalue weighted by Gasteiger charge is -2.11. The number of carbonyl (C=O) groups is 1. The van der Waals surface area contributed by atoms with Crippen LogP contribution in [0, 0.1) is 0 Å². The minimum Gasteiger partial charge on any atom is -0.360 e. The normalized spacial score (nSPS) is 13.4. The van der Waals surface area contributed by atoms with Crippen LogP contribution in [-0.2, 0) is 16.4 Å². The van der Waals surface area contributed by atoms with Crippen molar-refractivity contribution < 1.29 is 13.2 Å². The summed E-state index contributed by atoms with van der Waals surface area (Å²) >= 11 is 0. The maximum Gasteiger partial charge on any atom is 0.272 e. The number of fused-ring (bicyclic) bond motifs is 1. The molecule has 30 heavy (non-hydrogen) atoms. The van der Waals surface area contributed by atoms with Crippen LogP contribution in [0.3, 0.4) is 0 Å². The Labute approximate surface area is 172 Å². The summed E-state index contributed by atoms with van der Waals surface area (Å²) in [7, 11) is -3.62. The van der Waals surface area contributed by atoms with Gasteiger partial charge < -0.3 is 4.98 Å². The number of benzene rings is 3. The first-order valence-corrected chi connectivity index (χ1v) is 11.1. The highest BCUT2D eigenvalue weighted by Crippen LogP contribution is 2.28. The molecule has 8 heteroatoms. The molecule has 150 valence electrons. The van der Waals surface area contributed by atoms with Gasteiger partial charge in [0.25, 0.3) is 5.91 Å². The van der Waals surface area contributed by atoms with Gasteiger partial charge in [-0.2, -0.15) is 5.10 Å². The number of aryl methyl sites for hydroxylation is 1. The van der Waals surface area contributed by atoms with Gasteiger partial charge in [0.15, 0.2) is 0 Å². The highest BCUT2D eigenvalue weighted by atomic mass is 32.2. The summed E-state index contributed by atoms with van der Waals surface area (Å²) in [6.07, 6.45) is 3.67. The van der Waals surface area contributed by atoms with Crippen LogP contribution in [0.4, 0.5) is 5.69 Å². The van der Waals surface area contributed by atoms with Crippen molar-refractivity contribution in [1.82, 2.24) is 10.4 Å². The van der Waals surface area contributed by atoms with Crippen LogP contribution in [0.2, 0.25) is 0 Å². The van der Waals surface area contributed by atoms with Gasteiger partial charge in [-0.3, -0.25) is 9.52 Å². The first-order valence-electron chi connectivity index (χ1n) is 9.46. The second-order valence-corrected chi connectivity index (χ2v) is 9.04. The number of anilines is 1. The molecule has 0 saturated heterocycles. The van der Waals surface area contributed by atoms with Crippen LogP contribution in [0.15, 0.2) is 65.9 Å². The molecule has 0 saturated carbocycles. The third-order valence-corrected chi connectivity index (χ3v) is 6.51. The minimum atomic E-state index is -3.62. The van der Waals surface area contributed by atoms with Crippen molar-refractivity contribution in [2.24, 2.45) is 5.10 Å². The van der Waals surface area contributed by atoms with Crippen molar-refractivity contribution in [3.8, 4) is 0 Å². The molecule has 1 amide bonds. The fourth-order valence-electron chi connectivity index (χ4n) is 3.84. The molecule has 0 fully saturated rings. The van der Waals surface area contributed by atoms with Gasteiger partial charge in [-0.1, -0.05) is 42.5 Å². The number of carbonyl (C=O) groups excluding carboxylic acids is 1. The third kappa shape index (κ3) is 3.31. The number of aromatic amines is 1. The van der Waals surface area contributed by atoms with Gasteiger partial charge in [0, 0.05) is 22.7 Å². The topological polar surface area (TPSA) is 103 Å². The van der Waals surface area contributed by atoms with Crippen molar-refractivity contribution in [3.05, 3.63) is 77.5 Å². The molecule has 0 atom stereocenters. The van der Waals surface area contributed by atoms with Gasteiger partial charge in [-0.15, -0.1) is 0 Å². The molecule has 7 nitrogen and oxygen atoms in total. The zero-order chi connectivity index (χ0) is 20.7. The van der Waals surface area contributed by atoms with E-state index < -0.39 is 10.0 Å². The Morgan fingerprint density at radius 1 is 1.03 bits per heavy atom. The number of aromatic nitrogens is 1. The molecule has 0 bridgehead atoms. The summed E-state index contributed by atoms with van der Waals surface area (Å²) in [5.74, 6) is -0.453. The number of H-pyrrole nitrogens is 1. The smallest absolute Gasteiger partial charge is 0.272 e. The quantitative estimate of drug-likeness (QED) is 0.463. The Kier molecular flexibility index (Phi) is 4.29. The van der Waals surface area contributed by atoms with E-state index in [4.69, 9.17) is 0 Å². The Morgan fingerprint density at radius 3 is 2.77 bits per heavy atom. The van der Waals surface area contributed by atoms with E-state index in [1.54, 1.807) is 24.5 Å². The van der Waals surface area contributed by atoms with E-state index in [-0.39, 0.29) is 11.7 Å². The average molecular weight is 418 g/mol. The maximum atomic E-state index is 12.8. The molecule has 1 aliphatic rings. The summed E-state index contributed by atoms with van der Waals surface area (Å²) in [6, 6.07) is 17.0. The van der Waals surface area contributed by atoms with Gasteiger partial charge in [0.05, 0.1) is 23.2 Å². The number of hydrazone groups is 1. The standard InChI is InChI=1S/C22H18N4O3S/c27-22-19-10-17(11-20-21(19)16(12-23-20)13-24-25-22)26-30(28,29)9-8-15-6-3-5-14-4-1-2-7-18(14)15/h1-7,10-13,23,26H,8-9H2,(H,25,27). The number of rotatable bonds is 5. The fraction of sp³-hybridized carbons (Fsp3) is 0.0909. The molecule has 1 aliphatic heterocycles. The Bertz CT molecular complexity index is 1430. The van der Waals surface area contributed by atoms with E-state index in [1.165, 1.54) is 0 Å². The molecule has 1 aromatic heterocycles. The molecule has 4 aromatic rings. The van der Waals surface area contributed by atoms with E-state index >= 15 is 0 Å². The lowest BCUT2D eigenvalue weighted by atomic mass is 10.0. The lowest BCUT2D eigenvalue weighted by molar-refractivity contribution is 0.0957. The second kappa shape index (κ2) is 7.00. The predicted molar refractivity (Wildman–Crippen MR) is 118 cm³/mol. The molecular formula is C22H18N4O3S. The van der Waals surface area contributed by atoms with Crippen LogP contribution in [-0.4, -0.2) is 31.3 Å². The van der Waals surface area contributed by atoms with Crippen LogP contribution in [0.1, 0.15) is 21.5 Å². The number of nitrogens with zero attached hydrogens (tertiary/aromatic N) is 1. The third-order valence-electron chi connectivity index (χ3n) is 5.22. The zero-order valence-electron chi connectivity index (χ0n) is 15.8. The molecule has 3 N–H and O–H groups in total. The molecule has 3 aromatic carbocycles. The van der Waals surface area contributed by atoms with Gasteiger partial charge in [-0.25, -0.2) is 13.8 Å². The van der Waals surface area contributed by atoms with E-state index in [1.807, 2.05) is 42.5 Å². The number of hydrogen-bond acceptors (Lipinski definition) is 4. The Morgan fingerprint density at radius 2 is 1.87 bits per heavy atom. The van der Waals surface area contributed by atoms with E-state index in [2.05, 4.69) is 20.2 Å². The number of amides is 1. The molecule has 0 unspecified atom stereocenters. The first kappa shape index (κ1) is 18.4. The lowest BCUT2D eigenvalue weighted by Crippen LogP contribution is -2.20. The molecule has 5 rings (SSSR count). The summed E-state index contributed by atoms with van der Waals surface area (Å²) in [4.78, 5) is 15.4. The van der Waals surface area contributed by atoms with Gasteiger partial charge in [-0.05, 0) is 34.9 Å². The fourth-order valence-corrected chi connectivity index (χ4v) is 4.91. The monoisotopic (exact) mass is 418 g/mol. The molecule has 2 heterocycles. The SMILES string of the molecule is O=C1NN=Cc2c[nH]c3cc(NS(=O)(=O)CCc4cccc5ccccc45)cc1c23. The summed E-state index contributed by atoms with van der Waals surface area (Å²) in [5, 5.41) is 6.72. The zero-order valence-corrected chi connectivity index (χ0v) is 16.7. The largest absolute Gasteiger partial charge is 0.360 e. The van der Waals surface area contributed by atoms with E-state index in [0.717, 1.165) is 21.9 Å². The van der Waals surface area contributed by atoms with Crippen molar-refractivity contribution in [2.45, 2.75) is 6.42 Å². The van der Waals surface area contributed by atoms with Gasteiger partial charge in [0.2, 0.25) is 10.0 Å². The second-order valence-electron chi connectivity index (χ2n) is 7.20. The summed E-state index contributed by atoms with van der Waals surface area (Å²) < 4.78 is 28.1. The highest BCUT2D eigenvalue weighted by molar-refractivity contribution is 7.92. The van der Waals surface area contributed by atoms with Crippen molar-refractivity contribution >= 4 is 49.5 Å². The van der Waals surface area contributed by atoms with Gasteiger partial charge in [0.1, 0.15) is 0 Å². The van der Waals surface area contributed by atoms with Crippen LogP contribution >= 0.6 is 0 Å². The molecule has 0 spiro atoms. The number of nitrogens with one attached hydrogen (secondary N) is 3. The van der Waals surface area contributed by atoms with Crippen LogP contribution in [0.25, 0.3) is 21.7 Å². The van der Waals surface area contributed by atoms with E-state index in [0.29, 0.717) is 28.6 Å². The maximum absolute atomic E-state index is 12.8. The number of hydrogen-bond donors (Lipinski definition) is 3. The summed E-state index contributed by atoms with van der Waals surface area (Å²) in [5.41, 5.74) is 5.54. The van der Waals surface area contributed by atoms with E-state index in [9.17, 15) is 13.2 Å². The van der Waals surface area contributed by atoms with Gasteiger partial charge >= 0.3 is 0 Å². The molecule has 0 radical (unpaired) electrons. The summed E-state index contributed by atoms with van der Waals surface area (Å²) in [6.45, 7) is 0. The Hall–Kier alpha value is -3.65. The average Bonchev–Trinajstić information content (AvgIpc) is 3.06. The molecular weight excluding hydrogens is 400 g/mol. The number of sulfonamides is 1. The molecule has 0 aliphatic carbocycles. The predicted octanol–water partition coefficient (Wildman–Crippen LogP) is 3.38. The van der Waals surface area contributed by atoms with Crippen molar-refractivity contribution in [2.75, 3.05) is 10.5 Å². The first-order chi connectivity index (χ1) is 14.5. The Balaban J connectivity index is 1.42. The van der Waals surface area contributed by atoms with Crippen LogP contribution in [0.5, 0.6) is 0 Å². The van der Waals surface area contributed by atoms with Crippen LogP contribution < -0.4 is 10.1 Å². The minimum absolute atomic E-state index is 0.0698. The van der Waals surface area contributed by atoms with Crippen molar-refractivity contribution in [1.29, 1.82) is 0 Å². The highest BCUT2D eigenvalue weighted by Gasteiger charge is 2.20.